The van der Waals surface area contributed by atoms with Crippen LogP contribution in [-0.2, 0) is 19.1 Å². The number of halogens is 1. The molecule has 134 valence electrons. The quantitative estimate of drug-likeness (QED) is 0.468. The maximum absolute atomic E-state index is 15.8. The van der Waals surface area contributed by atoms with Gasteiger partial charge in [-0.05, 0) is 12.5 Å². The third-order valence-electron chi connectivity index (χ3n) is 4.30. The smallest absolute Gasteiger partial charge is 0.353 e. The summed E-state index contributed by atoms with van der Waals surface area (Å²) in [5.41, 5.74) is -2.75. The van der Waals surface area contributed by atoms with Crippen molar-refractivity contribution < 1.29 is 28.2 Å². The van der Waals surface area contributed by atoms with Gasteiger partial charge >= 0.3 is 11.9 Å². The number of alkyl halides is 1. The van der Waals surface area contributed by atoms with Crippen LogP contribution in [0.1, 0.15) is 28.9 Å². The number of benzene rings is 2. The molecule has 0 spiro atoms. The van der Waals surface area contributed by atoms with E-state index in [0.717, 1.165) is 0 Å². The van der Waals surface area contributed by atoms with Crippen LogP contribution in [0, 0.1) is 5.92 Å². The Morgan fingerprint density at radius 1 is 1.08 bits per heavy atom. The Morgan fingerprint density at radius 3 is 2.23 bits per heavy atom. The van der Waals surface area contributed by atoms with E-state index >= 15 is 4.39 Å². The van der Waals surface area contributed by atoms with Crippen LogP contribution in [0.3, 0.4) is 0 Å². The number of hydrogen-bond donors (Lipinski definition) is 0. The zero-order valence-corrected chi connectivity index (χ0v) is 14.1. The molecule has 3 rings (SSSR count). The molecule has 0 amide bonds. The molecule has 6 heteroatoms. The van der Waals surface area contributed by atoms with E-state index in [9.17, 15) is 14.4 Å². The zero-order chi connectivity index (χ0) is 18.7. The Bertz CT molecular complexity index is 821. The number of carbonyl (C=O) groups is 3. The van der Waals surface area contributed by atoms with Gasteiger partial charge in [0.15, 0.2) is 5.92 Å². The third-order valence-corrected chi connectivity index (χ3v) is 4.30. The molecule has 0 aromatic heterocycles. The highest BCUT2D eigenvalue weighted by atomic mass is 19.1. The van der Waals surface area contributed by atoms with E-state index in [0.29, 0.717) is 5.56 Å². The SMILES string of the molecule is CCOC(=O)[C@@H]1[C@H](c2ccccc2)OC(=O)[C@]1(F)C(=O)c1ccccc1. The number of ether oxygens (including phenoxy) is 2. The van der Waals surface area contributed by atoms with Crippen LogP contribution < -0.4 is 0 Å². The first-order chi connectivity index (χ1) is 12.5. The second-order valence-electron chi connectivity index (χ2n) is 5.87. The molecule has 1 aliphatic rings. The molecule has 26 heavy (non-hydrogen) atoms. The molecule has 1 saturated heterocycles. The monoisotopic (exact) mass is 356 g/mol. The topological polar surface area (TPSA) is 69.7 Å². The van der Waals surface area contributed by atoms with Gasteiger partial charge < -0.3 is 9.47 Å². The highest BCUT2D eigenvalue weighted by Gasteiger charge is 2.67. The van der Waals surface area contributed by atoms with E-state index in [1.165, 1.54) is 12.1 Å². The molecule has 0 saturated carbocycles. The number of hydrogen-bond acceptors (Lipinski definition) is 5. The summed E-state index contributed by atoms with van der Waals surface area (Å²) in [6.07, 6.45) is -1.24. The van der Waals surface area contributed by atoms with Crippen LogP contribution in [0.4, 0.5) is 4.39 Å². The molecule has 0 unspecified atom stereocenters. The summed E-state index contributed by atoms with van der Waals surface area (Å²) in [5.74, 6) is -5.19. The van der Waals surface area contributed by atoms with Crippen molar-refractivity contribution in [3.8, 4) is 0 Å². The Hall–Kier alpha value is -3.02. The van der Waals surface area contributed by atoms with Crippen LogP contribution in [0.15, 0.2) is 60.7 Å². The average Bonchev–Trinajstić information content (AvgIpc) is 2.95. The number of esters is 2. The van der Waals surface area contributed by atoms with Gasteiger partial charge in [0.1, 0.15) is 6.10 Å². The minimum absolute atomic E-state index is 0.0133. The summed E-state index contributed by atoms with van der Waals surface area (Å²) in [4.78, 5) is 37.7. The maximum Gasteiger partial charge on any atom is 0.353 e. The van der Waals surface area contributed by atoms with Crippen molar-refractivity contribution in [1.29, 1.82) is 0 Å². The minimum Gasteiger partial charge on any atom is -0.466 e. The largest absolute Gasteiger partial charge is 0.466 e. The van der Waals surface area contributed by atoms with Gasteiger partial charge in [-0.25, -0.2) is 9.18 Å². The second kappa shape index (κ2) is 7.07. The van der Waals surface area contributed by atoms with Gasteiger partial charge in [0, 0.05) is 5.56 Å². The summed E-state index contributed by atoms with van der Waals surface area (Å²) in [6, 6.07) is 15.8. The number of rotatable bonds is 5. The van der Waals surface area contributed by atoms with Gasteiger partial charge in [0.05, 0.1) is 6.61 Å². The lowest BCUT2D eigenvalue weighted by atomic mass is 9.80. The fourth-order valence-corrected chi connectivity index (χ4v) is 3.06. The lowest BCUT2D eigenvalue weighted by molar-refractivity contribution is -0.153. The lowest BCUT2D eigenvalue weighted by Gasteiger charge is -2.23. The first-order valence-electron chi connectivity index (χ1n) is 8.21. The molecule has 1 fully saturated rings. The van der Waals surface area contributed by atoms with E-state index < -0.39 is 35.4 Å². The Kier molecular flexibility index (Phi) is 4.84. The summed E-state index contributed by atoms with van der Waals surface area (Å²) < 4.78 is 25.9. The Morgan fingerprint density at radius 2 is 1.65 bits per heavy atom. The van der Waals surface area contributed by atoms with Crippen molar-refractivity contribution in [2.75, 3.05) is 6.61 Å². The number of carbonyl (C=O) groups excluding carboxylic acids is 3. The molecular weight excluding hydrogens is 339 g/mol. The van der Waals surface area contributed by atoms with Gasteiger partial charge in [-0.1, -0.05) is 60.7 Å². The standard InChI is InChI=1S/C20H17FO5/c1-2-25-18(23)15-16(13-9-5-3-6-10-13)26-19(24)20(15,21)17(22)14-11-7-4-8-12-14/h3-12,15-16H,2H2,1H3/t15-,16-,20+/m0/s1. The molecular formula is C20H17FO5. The van der Waals surface area contributed by atoms with Crippen molar-refractivity contribution in [3.05, 3.63) is 71.8 Å². The second-order valence-corrected chi connectivity index (χ2v) is 5.87. The predicted octanol–water partition coefficient (Wildman–Crippen LogP) is 3.06. The lowest BCUT2D eigenvalue weighted by Crippen LogP contribution is -2.48. The maximum atomic E-state index is 15.8. The van der Waals surface area contributed by atoms with Crippen molar-refractivity contribution in [1.82, 2.24) is 0 Å². The van der Waals surface area contributed by atoms with Gasteiger partial charge in [-0.2, -0.15) is 0 Å². The highest BCUT2D eigenvalue weighted by Crippen LogP contribution is 2.46. The summed E-state index contributed by atoms with van der Waals surface area (Å²) in [5, 5.41) is 0. The van der Waals surface area contributed by atoms with Crippen LogP contribution in [-0.4, -0.2) is 30.0 Å². The van der Waals surface area contributed by atoms with Crippen LogP contribution in [0.25, 0.3) is 0 Å². The molecule has 2 aromatic carbocycles. The van der Waals surface area contributed by atoms with Gasteiger partial charge in [-0.15, -0.1) is 0 Å². The van der Waals surface area contributed by atoms with Crippen molar-refractivity contribution >= 4 is 17.7 Å². The summed E-state index contributed by atoms with van der Waals surface area (Å²) in [6.45, 7) is 1.55. The molecule has 3 atom stereocenters. The van der Waals surface area contributed by atoms with E-state index in [1.807, 2.05) is 0 Å². The van der Waals surface area contributed by atoms with Crippen LogP contribution >= 0.6 is 0 Å². The van der Waals surface area contributed by atoms with Gasteiger partial charge in [0.25, 0.3) is 5.67 Å². The minimum atomic E-state index is -3.14. The fourth-order valence-electron chi connectivity index (χ4n) is 3.06. The summed E-state index contributed by atoms with van der Waals surface area (Å²) in [7, 11) is 0. The van der Waals surface area contributed by atoms with Gasteiger partial charge in [-0.3, -0.25) is 9.59 Å². The van der Waals surface area contributed by atoms with E-state index in [-0.39, 0.29) is 12.2 Å². The fraction of sp³-hybridized carbons (Fsp3) is 0.250. The molecule has 2 aromatic rings. The highest BCUT2D eigenvalue weighted by molar-refractivity contribution is 6.19. The predicted molar refractivity (Wildman–Crippen MR) is 90.0 cm³/mol. The van der Waals surface area contributed by atoms with Gasteiger partial charge in [0.2, 0.25) is 5.78 Å². The normalized spacial score (nSPS) is 24.8. The van der Waals surface area contributed by atoms with Crippen LogP contribution in [0.2, 0.25) is 0 Å². The molecule has 0 aliphatic carbocycles. The molecule has 1 aliphatic heterocycles. The van der Waals surface area contributed by atoms with Crippen molar-refractivity contribution in [3.63, 3.8) is 0 Å². The zero-order valence-electron chi connectivity index (χ0n) is 14.1. The first kappa shape index (κ1) is 17.8. The molecule has 0 bridgehead atoms. The van der Waals surface area contributed by atoms with E-state index in [2.05, 4.69) is 0 Å². The molecule has 1 heterocycles. The Balaban J connectivity index is 2.08. The first-order valence-corrected chi connectivity index (χ1v) is 8.21. The van der Waals surface area contributed by atoms with E-state index in [4.69, 9.17) is 9.47 Å². The number of cyclic esters (lactones) is 1. The molecule has 0 radical (unpaired) electrons. The van der Waals surface area contributed by atoms with Crippen molar-refractivity contribution in [2.24, 2.45) is 5.92 Å². The average molecular weight is 356 g/mol. The third kappa shape index (κ3) is 2.87. The molecule has 0 N–H and O–H groups in total. The number of Topliss-reactive ketones (excluding diaryl/α,β-unsaturated/α-hetero) is 1. The van der Waals surface area contributed by atoms with E-state index in [1.54, 1.807) is 55.5 Å². The van der Waals surface area contributed by atoms with Crippen molar-refractivity contribution in [2.45, 2.75) is 18.7 Å². The molecule has 5 nitrogen and oxygen atoms in total. The number of ketones is 1. The van der Waals surface area contributed by atoms with Crippen LogP contribution in [0.5, 0.6) is 0 Å². The summed E-state index contributed by atoms with van der Waals surface area (Å²) >= 11 is 0. The Labute approximate surface area is 149 Å².